The van der Waals surface area contributed by atoms with Gasteiger partial charge in [0.2, 0.25) is 5.95 Å². The number of anilines is 1. The Hall–Kier alpha value is -4.08. The molecule has 9 nitrogen and oxygen atoms in total. The molecule has 40 heavy (non-hydrogen) atoms. The lowest BCUT2D eigenvalue weighted by Crippen LogP contribution is -2.43. The van der Waals surface area contributed by atoms with E-state index in [0.717, 1.165) is 39.4 Å². The van der Waals surface area contributed by atoms with Gasteiger partial charge in [-0.3, -0.25) is 4.98 Å². The lowest BCUT2D eigenvalue weighted by molar-refractivity contribution is -0.0100. The van der Waals surface area contributed by atoms with Crippen molar-refractivity contribution in [2.75, 3.05) is 18.8 Å². The summed E-state index contributed by atoms with van der Waals surface area (Å²) in [6.07, 6.45) is 5.45. The highest BCUT2D eigenvalue weighted by atomic mass is 19.1. The summed E-state index contributed by atoms with van der Waals surface area (Å²) >= 11 is 0. The Morgan fingerprint density at radius 1 is 1.15 bits per heavy atom. The summed E-state index contributed by atoms with van der Waals surface area (Å²) < 4.78 is 19.9. The molecule has 1 atom stereocenters. The maximum atomic E-state index is 14.4. The van der Waals surface area contributed by atoms with Crippen molar-refractivity contribution in [3.63, 3.8) is 0 Å². The molecule has 2 aliphatic rings. The number of carbonyl (C=O) groups is 1. The molecule has 0 radical (unpaired) electrons. The smallest absolute Gasteiger partial charge is 0.410 e. The summed E-state index contributed by atoms with van der Waals surface area (Å²) in [6.45, 7) is 8.54. The number of aryl methyl sites for hydroxylation is 1. The van der Waals surface area contributed by atoms with E-state index in [9.17, 15) is 9.18 Å². The Labute approximate surface area is 233 Å². The molecule has 0 bridgehead atoms. The predicted molar refractivity (Wildman–Crippen MR) is 150 cm³/mol. The third-order valence-corrected chi connectivity index (χ3v) is 7.18. The molecule has 1 aromatic carbocycles. The normalized spacial score (nSPS) is 18.9. The Morgan fingerprint density at radius 2 is 1.93 bits per heavy atom. The van der Waals surface area contributed by atoms with Gasteiger partial charge in [0.05, 0.1) is 17.1 Å². The van der Waals surface area contributed by atoms with Crippen LogP contribution in [0.15, 0.2) is 47.9 Å². The number of benzene rings is 1. The highest BCUT2D eigenvalue weighted by molar-refractivity contribution is 6.03. The number of hydrogen-bond acceptors (Lipinski definition) is 8. The number of aromatic nitrogens is 3. The largest absolute Gasteiger partial charge is 0.444 e. The fraction of sp³-hybridized carbons (Fsp3) is 0.433. The SMILES string of the molecule is Cc1nc(N)nc2c1/C(=N/OC1CCN(C(=O)OC(C)(C)C)CC1)C[C@H](c1ccc(F)cc1-c1cccnc1)C2. The molecular weight excluding hydrogens is 511 g/mol. The van der Waals surface area contributed by atoms with E-state index in [-0.39, 0.29) is 29.9 Å². The molecule has 1 aliphatic heterocycles. The van der Waals surface area contributed by atoms with E-state index in [1.54, 1.807) is 23.4 Å². The first-order valence-corrected chi connectivity index (χ1v) is 13.6. The van der Waals surface area contributed by atoms with Gasteiger partial charge in [-0.2, -0.15) is 0 Å². The average molecular weight is 547 g/mol. The first kappa shape index (κ1) is 27.5. The number of nitrogens with two attached hydrogens (primary N) is 1. The Kier molecular flexibility index (Phi) is 7.69. The maximum absolute atomic E-state index is 14.4. The molecule has 1 fully saturated rings. The number of nitrogen functional groups attached to an aromatic ring is 1. The highest BCUT2D eigenvalue weighted by Gasteiger charge is 2.32. The molecule has 0 saturated carbocycles. The molecule has 1 amide bonds. The molecule has 10 heteroatoms. The second-order valence-corrected chi connectivity index (χ2v) is 11.4. The van der Waals surface area contributed by atoms with Crippen LogP contribution in [0.1, 0.15) is 68.5 Å². The highest BCUT2D eigenvalue weighted by Crippen LogP contribution is 2.38. The first-order valence-electron chi connectivity index (χ1n) is 13.6. The number of fused-ring (bicyclic) bond motifs is 1. The fourth-order valence-corrected chi connectivity index (χ4v) is 5.39. The van der Waals surface area contributed by atoms with Crippen LogP contribution in [0.25, 0.3) is 11.1 Å². The van der Waals surface area contributed by atoms with Gasteiger partial charge in [0.15, 0.2) is 0 Å². The molecule has 3 heterocycles. The van der Waals surface area contributed by atoms with Crippen molar-refractivity contribution < 1.29 is 18.8 Å². The van der Waals surface area contributed by atoms with Gasteiger partial charge in [-0.05, 0) is 69.4 Å². The summed E-state index contributed by atoms with van der Waals surface area (Å²) in [7, 11) is 0. The van der Waals surface area contributed by atoms with E-state index in [1.807, 2.05) is 45.9 Å². The van der Waals surface area contributed by atoms with Crippen LogP contribution in [0.2, 0.25) is 0 Å². The molecule has 5 rings (SSSR count). The summed E-state index contributed by atoms with van der Waals surface area (Å²) in [5.74, 6) is -0.136. The minimum atomic E-state index is -0.536. The van der Waals surface area contributed by atoms with E-state index in [4.69, 9.17) is 15.3 Å². The summed E-state index contributed by atoms with van der Waals surface area (Å²) in [5, 5.41) is 4.64. The molecule has 0 unspecified atom stereocenters. The van der Waals surface area contributed by atoms with E-state index >= 15 is 0 Å². The van der Waals surface area contributed by atoms with Gasteiger partial charge in [0.25, 0.3) is 0 Å². The standard InChI is InChI=1S/C30H35FN6O3/c1-18-27-25(35-28(32)34-18)14-20(23-8-7-21(31)16-24(23)19-6-5-11-33-17-19)15-26(27)36-40-22-9-12-37(13-10-22)29(38)39-30(2,3)4/h5-8,11,16-17,20,22H,9-10,12-15H2,1-4H3,(H2,32,34,35)/b36-26+/t20-/m1/s1. The van der Waals surface area contributed by atoms with E-state index in [0.29, 0.717) is 38.8 Å². The third kappa shape index (κ3) is 6.21. The van der Waals surface area contributed by atoms with Gasteiger partial charge in [-0.1, -0.05) is 17.3 Å². The molecule has 2 N–H and O–H groups in total. The van der Waals surface area contributed by atoms with E-state index < -0.39 is 5.60 Å². The number of ether oxygens (including phenoxy) is 1. The Balaban J connectivity index is 1.39. The van der Waals surface area contributed by atoms with Crippen molar-refractivity contribution >= 4 is 17.8 Å². The predicted octanol–water partition coefficient (Wildman–Crippen LogP) is 5.42. The lowest BCUT2D eigenvalue weighted by Gasteiger charge is -2.33. The quantitative estimate of drug-likeness (QED) is 0.435. The zero-order valence-corrected chi connectivity index (χ0v) is 23.4. The number of hydrogen-bond donors (Lipinski definition) is 1. The lowest BCUT2D eigenvalue weighted by atomic mass is 9.78. The number of likely N-dealkylation sites (tertiary alicyclic amines) is 1. The number of pyridine rings is 1. The summed E-state index contributed by atoms with van der Waals surface area (Å²) in [5.41, 5.74) is 11.2. The summed E-state index contributed by atoms with van der Waals surface area (Å²) in [6, 6.07) is 8.62. The fourth-order valence-electron chi connectivity index (χ4n) is 5.39. The first-order chi connectivity index (χ1) is 19.1. The second kappa shape index (κ2) is 11.2. The Morgan fingerprint density at radius 3 is 2.62 bits per heavy atom. The maximum Gasteiger partial charge on any atom is 0.410 e. The van der Waals surface area contributed by atoms with Gasteiger partial charge in [-0.25, -0.2) is 19.2 Å². The zero-order valence-electron chi connectivity index (χ0n) is 23.4. The number of rotatable bonds is 4. The van der Waals surface area contributed by atoms with Gasteiger partial charge in [0, 0.05) is 55.9 Å². The number of piperidine rings is 1. The van der Waals surface area contributed by atoms with Crippen molar-refractivity contribution in [2.45, 2.75) is 71.0 Å². The van der Waals surface area contributed by atoms with Gasteiger partial charge < -0.3 is 20.2 Å². The van der Waals surface area contributed by atoms with Crippen molar-refractivity contribution in [1.82, 2.24) is 19.9 Å². The van der Waals surface area contributed by atoms with Crippen molar-refractivity contribution in [1.29, 1.82) is 0 Å². The number of amides is 1. The molecule has 3 aromatic rings. The van der Waals surface area contributed by atoms with E-state index in [1.165, 1.54) is 6.07 Å². The molecule has 2 aromatic heterocycles. The van der Waals surface area contributed by atoms with Crippen molar-refractivity contribution in [2.24, 2.45) is 5.16 Å². The van der Waals surface area contributed by atoms with Crippen LogP contribution in [0, 0.1) is 12.7 Å². The third-order valence-electron chi connectivity index (χ3n) is 7.18. The summed E-state index contributed by atoms with van der Waals surface area (Å²) in [4.78, 5) is 33.4. The van der Waals surface area contributed by atoms with Crippen LogP contribution >= 0.6 is 0 Å². The Bertz CT molecular complexity index is 1410. The molecule has 1 saturated heterocycles. The van der Waals surface area contributed by atoms with Gasteiger partial charge in [-0.15, -0.1) is 0 Å². The zero-order chi connectivity index (χ0) is 28.4. The van der Waals surface area contributed by atoms with Crippen LogP contribution in [0.3, 0.4) is 0 Å². The number of nitrogens with zero attached hydrogens (tertiary/aromatic N) is 5. The molecular formula is C30H35FN6O3. The van der Waals surface area contributed by atoms with Crippen LogP contribution < -0.4 is 5.73 Å². The topological polar surface area (TPSA) is 116 Å². The van der Waals surface area contributed by atoms with Crippen LogP contribution in [-0.4, -0.2) is 56.5 Å². The van der Waals surface area contributed by atoms with Gasteiger partial charge >= 0.3 is 6.09 Å². The van der Waals surface area contributed by atoms with Crippen molar-refractivity contribution in [3.8, 4) is 11.1 Å². The van der Waals surface area contributed by atoms with Gasteiger partial charge in [0.1, 0.15) is 17.5 Å². The van der Waals surface area contributed by atoms with Crippen LogP contribution in [0.5, 0.6) is 0 Å². The van der Waals surface area contributed by atoms with E-state index in [2.05, 4.69) is 20.1 Å². The van der Waals surface area contributed by atoms with Crippen LogP contribution in [-0.2, 0) is 16.0 Å². The number of halogens is 1. The molecule has 210 valence electrons. The van der Waals surface area contributed by atoms with Crippen LogP contribution in [0.4, 0.5) is 15.1 Å². The minimum Gasteiger partial charge on any atom is -0.444 e. The number of oxime groups is 1. The second-order valence-electron chi connectivity index (χ2n) is 11.4. The average Bonchev–Trinajstić information content (AvgIpc) is 2.91. The monoisotopic (exact) mass is 546 g/mol. The molecule has 1 aliphatic carbocycles. The minimum absolute atomic E-state index is 0.0339. The molecule has 0 spiro atoms. The van der Waals surface area contributed by atoms with Crippen molar-refractivity contribution in [3.05, 3.63) is 71.1 Å². The number of carbonyl (C=O) groups excluding carboxylic acids is 1.